The summed E-state index contributed by atoms with van der Waals surface area (Å²) in [6, 6.07) is 5.06. The van der Waals surface area contributed by atoms with E-state index in [1.54, 1.807) is 25.1 Å². The lowest BCUT2D eigenvalue weighted by Crippen LogP contribution is -2.14. The lowest BCUT2D eigenvalue weighted by Gasteiger charge is -2.14. The fourth-order valence-electron chi connectivity index (χ4n) is 1.70. The van der Waals surface area contributed by atoms with Gasteiger partial charge in [-0.2, -0.15) is 0 Å². The van der Waals surface area contributed by atoms with Gasteiger partial charge < -0.3 is 14.9 Å². The summed E-state index contributed by atoms with van der Waals surface area (Å²) in [6.45, 7) is 2.03. The molecule has 0 aliphatic heterocycles. The Morgan fingerprint density at radius 3 is 2.68 bits per heavy atom. The average Bonchev–Trinajstić information content (AvgIpc) is 2.36. The number of carboxylic acid groups (broad SMARTS) is 1. The second-order valence-electron chi connectivity index (χ2n) is 3.86. The quantitative estimate of drug-likeness (QED) is 0.780. The first-order chi connectivity index (χ1) is 8.97. The van der Waals surface area contributed by atoms with E-state index in [1.165, 1.54) is 0 Å². The minimum atomic E-state index is -1.62. The molecule has 0 bridgehead atoms. The number of aliphatic hydroxyl groups is 1. The monoisotopic (exact) mass is 330 g/mol. The number of aliphatic carboxylic acids is 1. The zero-order chi connectivity index (χ0) is 14.4. The molecule has 0 aliphatic carbocycles. The second-order valence-corrected chi connectivity index (χ2v) is 4.71. The Morgan fingerprint density at radius 2 is 2.11 bits per heavy atom. The molecule has 1 unspecified atom stereocenters. The van der Waals surface area contributed by atoms with Crippen molar-refractivity contribution in [3.8, 4) is 0 Å². The maximum Gasteiger partial charge on any atom is 0.337 e. The highest BCUT2D eigenvalue weighted by atomic mass is 79.9. The van der Waals surface area contributed by atoms with Crippen LogP contribution in [0, 0.1) is 0 Å². The van der Waals surface area contributed by atoms with Crippen molar-refractivity contribution >= 4 is 27.9 Å². The predicted molar refractivity (Wildman–Crippen MR) is 71.7 cm³/mol. The van der Waals surface area contributed by atoms with Gasteiger partial charge in [0.25, 0.3) is 0 Å². The molecule has 5 nitrogen and oxygen atoms in total. The molecular formula is C13H15BrO5. The van der Waals surface area contributed by atoms with Crippen LogP contribution >= 0.6 is 15.9 Å². The first kappa shape index (κ1) is 15.7. The highest BCUT2D eigenvalue weighted by molar-refractivity contribution is 9.10. The van der Waals surface area contributed by atoms with Crippen LogP contribution in [0.3, 0.4) is 0 Å². The molecule has 0 spiro atoms. The van der Waals surface area contributed by atoms with Crippen molar-refractivity contribution in [3.63, 3.8) is 0 Å². The molecule has 1 atom stereocenters. The molecule has 0 radical (unpaired) electrons. The van der Waals surface area contributed by atoms with E-state index in [-0.39, 0.29) is 18.0 Å². The second kappa shape index (κ2) is 7.25. The molecule has 0 amide bonds. The number of hydrogen-bond donors (Lipinski definition) is 2. The maximum absolute atomic E-state index is 11.3. The Labute approximate surface area is 119 Å². The van der Waals surface area contributed by atoms with Crippen LogP contribution in [0.1, 0.15) is 30.6 Å². The van der Waals surface area contributed by atoms with E-state index < -0.39 is 12.1 Å². The molecule has 0 aromatic heterocycles. The van der Waals surface area contributed by atoms with Crippen molar-refractivity contribution < 1.29 is 24.5 Å². The van der Waals surface area contributed by atoms with E-state index in [4.69, 9.17) is 9.84 Å². The number of carbonyl (C=O) groups is 2. The van der Waals surface area contributed by atoms with Crippen molar-refractivity contribution in [2.24, 2.45) is 0 Å². The van der Waals surface area contributed by atoms with Gasteiger partial charge in [-0.05, 0) is 25.0 Å². The summed E-state index contributed by atoms with van der Waals surface area (Å²) in [4.78, 5) is 22.2. The van der Waals surface area contributed by atoms with Crippen molar-refractivity contribution in [2.45, 2.75) is 25.9 Å². The molecule has 104 valence electrons. The minimum Gasteiger partial charge on any atom is -0.479 e. The highest BCUT2D eigenvalue weighted by Gasteiger charge is 2.22. The van der Waals surface area contributed by atoms with Crippen LogP contribution in [0.5, 0.6) is 0 Å². The standard InChI is InChI=1S/C13H15BrO5/c1-2-19-10(15)7-6-8-4-3-5-9(14)11(8)12(16)13(17)18/h3-5,12,16H,2,6-7H2,1H3,(H,17,18). The van der Waals surface area contributed by atoms with E-state index in [9.17, 15) is 14.7 Å². The van der Waals surface area contributed by atoms with Gasteiger partial charge in [0.2, 0.25) is 0 Å². The first-order valence-corrected chi connectivity index (χ1v) is 6.60. The smallest absolute Gasteiger partial charge is 0.337 e. The number of halogens is 1. The summed E-state index contributed by atoms with van der Waals surface area (Å²) < 4.78 is 5.32. The third-order valence-electron chi connectivity index (χ3n) is 2.55. The third kappa shape index (κ3) is 4.33. The van der Waals surface area contributed by atoms with Gasteiger partial charge in [0.05, 0.1) is 6.61 Å². The molecule has 0 saturated carbocycles. The van der Waals surface area contributed by atoms with Crippen LogP contribution in [-0.4, -0.2) is 28.8 Å². The fourth-order valence-corrected chi connectivity index (χ4v) is 2.32. The molecule has 1 aromatic carbocycles. The average molecular weight is 331 g/mol. The van der Waals surface area contributed by atoms with Gasteiger partial charge >= 0.3 is 11.9 Å². The number of aliphatic hydroxyl groups excluding tert-OH is 1. The van der Waals surface area contributed by atoms with Crippen LogP contribution in [0.25, 0.3) is 0 Å². The summed E-state index contributed by atoms with van der Waals surface area (Å²) in [5.74, 6) is -1.68. The van der Waals surface area contributed by atoms with E-state index >= 15 is 0 Å². The molecule has 19 heavy (non-hydrogen) atoms. The number of rotatable bonds is 6. The number of benzene rings is 1. The van der Waals surface area contributed by atoms with Gasteiger partial charge in [-0.15, -0.1) is 0 Å². The van der Waals surface area contributed by atoms with Crippen molar-refractivity contribution in [1.82, 2.24) is 0 Å². The summed E-state index contributed by atoms with van der Waals surface area (Å²) in [5, 5.41) is 18.6. The lowest BCUT2D eigenvalue weighted by atomic mass is 9.98. The number of hydrogen-bond acceptors (Lipinski definition) is 4. The van der Waals surface area contributed by atoms with E-state index in [1.807, 2.05) is 0 Å². The third-order valence-corrected chi connectivity index (χ3v) is 3.25. The van der Waals surface area contributed by atoms with Crippen molar-refractivity contribution in [3.05, 3.63) is 33.8 Å². The number of esters is 1. The van der Waals surface area contributed by atoms with Gasteiger partial charge in [0.15, 0.2) is 6.10 Å². The molecule has 2 N–H and O–H groups in total. The first-order valence-electron chi connectivity index (χ1n) is 5.81. The van der Waals surface area contributed by atoms with Crippen LogP contribution in [0.15, 0.2) is 22.7 Å². The number of carboxylic acids is 1. The Bertz CT molecular complexity index is 472. The van der Waals surface area contributed by atoms with E-state index in [0.29, 0.717) is 23.1 Å². The number of ether oxygens (including phenoxy) is 1. The number of aryl methyl sites for hydroxylation is 1. The molecule has 1 rings (SSSR count). The van der Waals surface area contributed by atoms with Gasteiger partial charge in [-0.1, -0.05) is 28.1 Å². The lowest BCUT2D eigenvalue weighted by molar-refractivity contribution is -0.147. The molecule has 0 heterocycles. The molecule has 0 fully saturated rings. The zero-order valence-electron chi connectivity index (χ0n) is 10.4. The minimum absolute atomic E-state index is 0.142. The summed E-state index contributed by atoms with van der Waals surface area (Å²) in [7, 11) is 0. The van der Waals surface area contributed by atoms with Crippen molar-refractivity contribution in [1.29, 1.82) is 0 Å². The summed E-state index contributed by atoms with van der Waals surface area (Å²) >= 11 is 3.21. The summed E-state index contributed by atoms with van der Waals surface area (Å²) in [5.41, 5.74) is 0.886. The maximum atomic E-state index is 11.3. The van der Waals surface area contributed by atoms with E-state index in [0.717, 1.165) is 0 Å². The molecular weight excluding hydrogens is 316 g/mol. The molecule has 0 aliphatic rings. The van der Waals surface area contributed by atoms with Gasteiger partial charge in [-0.3, -0.25) is 4.79 Å². The molecule has 0 saturated heterocycles. The normalized spacial score (nSPS) is 11.9. The van der Waals surface area contributed by atoms with Crippen LogP contribution < -0.4 is 0 Å². The highest BCUT2D eigenvalue weighted by Crippen LogP contribution is 2.28. The van der Waals surface area contributed by atoms with Crippen LogP contribution in [-0.2, 0) is 20.7 Å². The Morgan fingerprint density at radius 1 is 1.42 bits per heavy atom. The van der Waals surface area contributed by atoms with Crippen LogP contribution in [0.2, 0.25) is 0 Å². The van der Waals surface area contributed by atoms with Gasteiger partial charge in [0, 0.05) is 16.5 Å². The SMILES string of the molecule is CCOC(=O)CCc1cccc(Br)c1C(O)C(=O)O. The van der Waals surface area contributed by atoms with E-state index in [2.05, 4.69) is 15.9 Å². The Hall–Kier alpha value is -1.40. The molecule has 6 heteroatoms. The number of carbonyl (C=O) groups excluding carboxylic acids is 1. The van der Waals surface area contributed by atoms with Gasteiger partial charge in [-0.25, -0.2) is 4.79 Å². The predicted octanol–water partition coefficient (Wildman–Crippen LogP) is 2.06. The summed E-state index contributed by atoms with van der Waals surface area (Å²) in [6.07, 6.45) is -1.16. The fraction of sp³-hybridized carbons (Fsp3) is 0.385. The molecule has 1 aromatic rings. The Kier molecular flexibility index (Phi) is 5.98. The van der Waals surface area contributed by atoms with Crippen molar-refractivity contribution in [2.75, 3.05) is 6.61 Å². The zero-order valence-corrected chi connectivity index (χ0v) is 12.0. The largest absolute Gasteiger partial charge is 0.479 e. The van der Waals surface area contributed by atoms with Crippen LogP contribution in [0.4, 0.5) is 0 Å². The topological polar surface area (TPSA) is 83.8 Å². The Balaban J connectivity index is 2.91. The van der Waals surface area contributed by atoms with Gasteiger partial charge in [0.1, 0.15) is 0 Å².